The number of hydrogen-bond donors (Lipinski definition) is 2. The molecule has 1 saturated heterocycles. The maximum atomic E-state index is 5.48. The summed E-state index contributed by atoms with van der Waals surface area (Å²) in [6.45, 7) is 13.0. The normalized spacial score (nSPS) is 15.8. The quantitative estimate of drug-likeness (QED) is 0.377. The summed E-state index contributed by atoms with van der Waals surface area (Å²) < 4.78 is 16.4. The van der Waals surface area contributed by atoms with Gasteiger partial charge in [0.1, 0.15) is 0 Å². The van der Waals surface area contributed by atoms with Crippen molar-refractivity contribution in [1.29, 1.82) is 0 Å². The van der Waals surface area contributed by atoms with Crippen molar-refractivity contribution in [2.24, 2.45) is 4.99 Å². The molecule has 170 valence electrons. The van der Waals surface area contributed by atoms with Crippen LogP contribution in [0.15, 0.2) is 17.1 Å². The highest BCUT2D eigenvalue weighted by atomic mass is 16.5. The molecule has 0 saturated carbocycles. The van der Waals surface area contributed by atoms with Crippen molar-refractivity contribution in [3.05, 3.63) is 17.7 Å². The molecule has 1 aliphatic heterocycles. The Morgan fingerprint density at radius 1 is 0.967 bits per heavy atom. The van der Waals surface area contributed by atoms with Crippen LogP contribution in [0.4, 0.5) is 0 Å². The number of aliphatic imine (C=N–C) groups is 1. The minimum absolute atomic E-state index is 0.129. The predicted molar refractivity (Wildman–Crippen MR) is 122 cm³/mol. The smallest absolute Gasteiger partial charge is 0.203 e. The summed E-state index contributed by atoms with van der Waals surface area (Å²) >= 11 is 0. The maximum absolute atomic E-state index is 5.48. The molecule has 8 nitrogen and oxygen atoms in total. The van der Waals surface area contributed by atoms with Crippen LogP contribution in [-0.4, -0.2) is 88.9 Å². The van der Waals surface area contributed by atoms with Gasteiger partial charge in [-0.15, -0.1) is 0 Å². The molecule has 0 aromatic heterocycles. The van der Waals surface area contributed by atoms with E-state index in [4.69, 9.17) is 14.2 Å². The van der Waals surface area contributed by atoms with E-state index >= 15 is 0 Å². The second-order valence-electron chi connectivity index (χ2n) is 8.45. The molecule has 0 aliphatic carbocycles. The van der Waals surface area contributed by atoms with E-state index in [0.717, 1.165) is 57.3 Å². The summed E-state index contributed by atoms with van der Waals surface area (Å²) in [5.74, 6) is 2.99. The van der Waals surface area contributed by atoms with Crippen molar-refractivity contribution in [2.45, 2.75) is 32.9 Å². The standard InChI is InChI=1S/C22H39N5O3/c1-22(2,3)25-9-8-24-21(23-4)27-12-10-26(11-13-27)16-17-14-18(28-5)20(30-7)19(15-17)29-6/h14-15,25H,8-13,16H2,1-7H3,(H,23,24). The summed E-state index contributed by atoms with van der Waals surface area (Å²) in [6.07, 6.45) is 0. The Bertz CT molecular complexity index is 669. The molecule has 1 aliphatic rings. The third-order valence-corrected chi connectivity index (χ3v) is 5.08. The van der Waals surface area contributed by atoms with Gasteiger partial charge in [0.2, 0.25) is 5.75 Å². The van der Waals surface area contributed by atoms with E-state index in [0.29, 0.717) is 17.2 Å². The highest BCUT2D eigenvalue weighted by Crippen LogP contribution is 2.38. The lowest BCUT2D eigenvalue weighted by Gasteiger charge is -2.36. The number of piperazine rings is 1. The average molecular weight is 422 g/mol. The first-order chi connectivity index (χ1) is 14.3. The lowest BCUT2D eigenvalue weighted by atomic mass is 10.1. The number of nitrogens with zero attached hydrogens (tertiary/aromatic N) is 3. The second-order valence-corrected chi connectivity index (χ2v) is 8.45. The van der Waals surface area contributed by atoms with Crippen LogP contribution in [0.2, 0.25) is 0 Å². The highest BCUT2D eigenvalue weighted by Gasteiger charge is 2.21. The van der Waals surface area contributed by atoms with Crippen LogP contribution in [0.5, 0.6) is 17.2 Å². The molecule has 0 atom stereocenters. The monoisotopic (exact) mass is 421 g/mol. The molecule has 0 spiro atoms. The Balaban J connectivity index is 1.88. The Hall–Kier alpha value is -2.19. The van der Waals surface area contributed by atoms with E-state index in [1.807, 2.05) is 19.2 Å². The molecule has 8 heteroatoms. The minimum atomic E-state index is 0.129. The fraction of sp³-hybridized carbons (Fsp3) is 0.682. The SMILES string of the molecule is CN=C(NCCNC(C)(C)C)N1CCN(Cc2cc(OC)c(OC)c(OC)c2)CC1. The Morgan fingerprint density at radius 2 is 1.57 bits per heavy atom. The topological polar surface area (TPSA) is 70.6 Å². The number of nitrogens with one attached hydrogen (secondary N) is 2. The predicted octanol–water partition coefficient (Wildman–Crippen LogP) is 1.79. The number of rotatable bonds is 8. The fourth-order valence-corrected chi connectivity index (χ4v) is 3.55. The molecule has 0 amide bonds. The van der Waals surface area contributed by atoms with Crippen molar-refractivity contribution >= 4 is 5.96 Å². The first kappa shape index (κ1) is 24.1. The molecule has 1 heterocycles. The van der Waals surface area contributed by atoms with Gasteiger partial charge < -0.3 is 29.7 Å². The summed E-state index contributed by atoms with van der Waals surface area (Å²) in [7, 11) is 6.77. The van der Waals surface area contributed by atoms with Crippen molar-refractivity contribution in [1.82, 2.24) is 20.4 Å². The zero-order chi connectivity index (χ0) is 22.1. The minimum Gasteiger partial charge on any atom is -0.493 e. The van der Waals surface area contributed by atoms with Gasteiger partial charge >= 0.3 is 0 Å². The summed E-state index contributed by atoms with van der Waals surface area (Å²) in [6, 6.07) is 4.05. The number of methoxy groups -OCH3 is 3. The zero-order valence-electron chi connectivity index (χ0n) is 19.7. The lowest BCUT2D eigenvalue weighted by Crippen LogP contribution is -2.53. The molecular formula is C22H39N5O3. The van der Waals surface area contributed by atoms with Crippen molar-refractivity contribution in [3.63, 3.8) is 0 Å². The number of guanidine groups is 1. The van der Waals surface area contributed by atoms with Gasteiger partial charge in [-0.25, -0.2) is 0 Å². The second kappa shape index (κ2) is 11.3. The molecule has 1 aromatic rings. The van der Waals surface area contributed by atoms with Gasteiger partial charge in [-0.1, -0.05) is 0 Å². The first-order valence-electron chi connectivity index (χ1n) is 10.5. The van der Waals surface area contributed by atoms with E-state index < -0.39 is 0 Å². The molecule has 0 radical (unpaired) electrons. The van der Waals surface area contributed by atoms with E-state index in [1.165, 1.54) is 0 Å². The number of hydrogen-bond acceptors (Lipinski definition) is 6. The Morgan fingerprint density at radius 3 is 2.03 bits per heavy atom. The molecule has 0 bridgehead atoms. The van der Waals surface area contributed by atoms with E-state index in [2.05, 4.69) is 46.2 Å². The van der Waals surface area contributed by atoms with Crippen LogP contribution in [-0.2, 0) is 6.54 Å². The van der Waals surface area contributed by atoms with Gasteiger partial charge in [0.05, 0.1) is 21.3 Å². The summed E-state index contributed by atoms with van der Waals surface area (Å²) in [5.41, 5.74) is 1.28. The molecule has 1 fully saturated rings. The molecule has 30 heavy (non-hydrogen) atoms. The Kier molecular flexibility index (Phi) is 9.05. The van der Waals surface area contributed by atoms with Gasteiger partial charge in [0, 0.05) is 58.4 Å². The van der Waals surface area contributed by atoms with E-state index in [-0.39, 0.29) is 5.54 Å². The van der Waals surface area contributed by atoms with Crippen LogP contribution in [0.1, 0.15) is 26.3 Å². The third-order valence-electron chi connectivity index (χ3n) is 5.08. The maximum Gasteiger partial charge on any atom is 0.203 e. The van der Waals surface area contributed by atoms with Crippen molar-refractivity contribution in [3.8, 4) is 17.2 Å². The van der Waals surface area contributed by atoms with Gasteiger partial charge in [0.15, 0.2) is 17.5 Å². The summed E-state index contributed by atoms with van der Waals surface area (Å²) in [4.78, 5) is 9.22. The van der Waals surface area contributed by atoms with E-state index in [1.54, 1.807) is 21.3 Å². The van der Waals surface area contributed by atoms with Gasteiger partial charge in [-0.05, 0) is 38.5 Å². The number of benzene rings is 1. The van der Waals surface area contributed by atoms with Crippen LogP contribution in [0.25, 0.3) is 0 Å². The first-order valence-corrected chi connectivity index (χ1v) is 10.5. The average Bonchev–Trinajstić information content (AvgIpc) is 2.73. The van der Waals surface area contributed by atoms with E-state index in [9.17, 15) is 0 Å². The molecule has 2 rings (SSSR count). The van der Waals surface area contributed by atoms with Crippen molar-refractivity contribution < 1.29 is 14.2 Å². The molecular weight excluding hydrogens is 382 g/mol. The van der Waals surface area contributed by atoms with Gasteiger partial charge in [-0.3, -0.25) is 9.89 Å². The van der Waals surface area contributed by atoms with Gasteiger partial charge in [0.25, 0.3) is 0 Å². The molecule has 2 N–H and O–H groups in total. The fourth-order valence-electron chi connectivity index (χ4n) is 3.55. The number of ether oxygens (including phenoxy) is 3. The molecule has 0 unspecified atom stereocenters. The van der Waals surface area contributed by atoms with Crippen molar-refractivity contribution in [2.75, 3.05) is 67.6 Å². The summed E-state index contributed by atoms with van der Waals surface area (Å²) in [5, 5.41) is 6.96. The lowest BCUT2D eigenvalue weighted by molar-refractivity contribution is 0.172. The highest BCUT2D eigenvalue weighted by molar-refractivity contribution is 5.80. The zero-order valence-corrected chi connectivity index (χ0v) is 19.7. The largest absolute Gasteiger partial charge is 0.493 e. The van der Waals surface area contributed by atoms with Gasteiger partial charge in [-0.2, -0.15) is 0 Å². The third kappa shape index (κ3) is 6.95. The van der Waals surface area contributed by atoms with Crippen LogP contribution >= 0.6 is 0 Å². The van der Waals surface area contributed by atoms with Crippen LogP contribution in [0, 0.1) is 0 Å². The molecule has 1 aromatic carbocycles. The Labute approximate surface area is 181 Å². The van der Waals surface area contributed by atoms with Crippen LogP contribution in [0.3, 0.4) is 0 Å². The van der Waals surface area contributed by atoms with Crippen LogP contribution < -0.4 is 24.8 Å².